The van der Waals surface area contributed by atoms with Gasteiger partial charge in [0.2, 0.25) is 11.8 Å². The van der Waals surface area contributed by atoms with Crippen molar-refractivity contribution >= 4 is 17.8 Å². The van der Waals surface area contributed by atoms with Gasteiger partial charge in [0, 0.05) is 13.1 Å². The normalized spacial score (nSPS) is 19.2. The second kappa shape index (κ2) is 8.44. The molecule has 1 aromatic carbocycles. The Kier molecular flexibility index (Phi) is 6.31. The van der Waals surface area contributed by atoms with Crippen molar-refractivity contribution in [1.29, 1.82) is 0 Å². The number of nitrogens with one attached hydrogen (secondary N) is 2. The van der Waals surface area contributed by atoms with E-state index in [-0.39, 0.29) is 30.8 Å². The van der Waals surface area contributed by atoms with Crippen molar-refractivity contribution in [3.63, 3.8) is 0 Å². The zero-order valence-electron chi connectivity index (χ0n) is 14.0. The maximum Gasteiger partial charge on any atom is 0.307 e. The first-order valence-corrected chi connectivity index (χ1v) is 7.94. The summed E-state index contributed by atoms with van der Waals surface area (Å²) in [4.78, 5) is 37.5. The molecule has 0 saturated carbocycles. The molecule has 0 aliphatic carbocycles. The Hall–Kier alpha value is -2.41. The van der Waals surface area contributed by atoms with Gasteiger partial charge in [-0.05, 0) is 12.5 Å². The van der Waals surface area contributed by atoms with Crippen molar-refractivity contribution < 1.29 is 19.1 Å². The maximum atomic E-state index is 12.3. The highest BCUT2D eigenvalue weighted by molar-refractivity contribution is 5.88. The molecule has 1 aliphatic heterocycles. The van der Waals surface area contributed by atoms with Gasteiger partial charge in [0.15, 0.2) is 0 Å². The molecule has 7 heteroatoms. The largest absolute Gasteiger partial charge is 0.469 e. The summed E-state index contributed by atoms with van der Waals surface area (Å²) >= 11 is 0. The quantitative estimate of drug-likeness (QED) is 0.728. The molecular formula is C17H23N3O4. The smallest absolute Gasteiger partial charge is 0.307 e. The van der Waals surface area contributed by atoms with E-state index in [1.54, 1.807) is 4.90 Å². The Bertz CT molecular complexity index is 591. The van der Waals surface area contributed by atoms with E-state index in [1.807, 2.05) is 37.3 Å². The van der Waals surface area contributed by atoms with Crippen molar-refractivity contribution in [2.24, 2.45) is 0 Å². The van der Waals surface area contributed by atoms with E-state index in [1.165, 1.54) is 7.11 Å². The predicted molar refractivity (Wildman–Crippen MR) is 88.0 cm³/mol. The Labute approximate surface area is 141 Å². The van der Waals surface area contributed by atoms with Crippen molar-refractivity contribution in [2.75, 3.05) is 26.7 Å². The Morgan fingerprint density at radius 3 is 2.75 bits per heavy atom. The number of amides is 2. The average Bonchev–Trinajstić information content (AvgIpc) is 2.58. The highest BCUT2D eigenvalue weighted by atomic mass is 16.5. The fraction of sp³-hybridized carbons (Fsp3) is 0.471. The van der Waals surface area contributed by atoms with Crippen LogP contribution in [0.15, 0.2) is 30.3 Å². The molecule has 0 radical (unpaired) electrons. The zero-order valence-corrected chi connectivity index (χ0v) is 14.0. The topological polar surface area (TPSA) is 87.7 Å². The number of hydrogen-bond acceptors (Lipinski definition) is 5. The van der Waals surface area contributed by atoms with Crippen LogP contribution in [0.5, 0.6) is 0 Å². The molecule has 7 nitrogen and oxygen atoms in total. The average molecular weight is 333 g/mol. The van der Waals surface area contributed by atoms with Gasteiger partial charge in [-0.25, -0.2) is 0 Å². The number of piperazine rings is 1. The third-order valence-electron chi connectivity index (χ3n) is 4.05. The van der Waals surface area contributed by atoms with Crippen LogP contribution in [0.25, 0.3) is 0 Å². The van der Waals surface area contributed by atoms with E-state index in [0.29, 0.717) is 13.1 Å². The van der Waals surface area contributed by atoms with Gasteiger partial charge in [-0.15, -0.1) is 0 Å². The molecule has 0 aromatic heterocycles. The summed E-state index contributed by atoms with van der Waals surface area (Å²) in [6, 6.07) is 8.83. The second-order valence-electron chi connectivity index (χ2n) is 5.76. The number of methoxy groups -OCH3 is 1. The molecule has 2 atom stereocenters. The van der Waals surface area contributed by atoms with Crippen LogP contribution in [0.1, 0.15) is 24.9 Å². The fourth-order valence-electron chi connectivity index (χ4n) is 2.71. The Morgan fingerprint density at radius 1 is 1.38 bits per heavy atom. The number of carbonyl (C=O) groups is 3. The van der Waals surface area contributed by atoms with Gasteiger partial charge in [-0.1, -0.05) is 30.3 Å². The molecule has 2 amide bonds. The van der Waals surface area contributed by atoms with E-state index in [4.69, 9.17) is 0 Å². The molecule has 1 aliphatic rings. The molecule has 1 aromatic rings. The molecule has 130 valence electrons. The highest BCUT2D eigenvalue weighted by Crippen LogP contribution is 2.13. The third kappa shape index (κ3) is 4.79. The molecule has 2 rings (SSSR count). The summed E-state index contributed by atoms with van der Waals surface area (Å²) in [5, 5.41) is 5.63. The van der Waals surface area contributed by atoms with Gasteiger partial charge in [0.25, 0.3) is 0 Å². The van der Waals surface area contributed by atoms with Crippen LogP contribution in [0.2, 0.25) is 0 Å². The predicted octanol–water partition coefficient (Wildman–Crippen LogP) is 0.227. The molecule has 1 fully saturated rings. The van der Waals surface area contributed by atoms with Crippen LogP contribution in [0.3, 0.4) is 0 Å². The lowest BCUT2D eigenvalue weighted by Crippen LogP contribution is -2.58. The van der Waals surface area contributed by atoms with Crippen LogP contribution in [-0.2, 0) is 19.1 Å². The molecule has 0 unspecified atom stereocenters. The SMILES string of the molecule is COC(=O)C[C@H]1C(=O)NCCN1CC(=O)N[C@@H](C)c1ccccc1. The first-order valence-electron chi connectivity index (χ1n) is 7.94. The van der Waals surface area contributed by atoms with Gasteiger partial charge in [-0.2, -0.15) is 0 Å². The number of hydrogen-bond donors (Lipinski definition) is 2. The number of rotatable bonds is 6. The molecule has 1 heterocycles. The van der Waals surface area contributed by atoms with Crippen LogP contribution in [0, 0.1) is 0 Å². The zero-order chi connectivity index (χ0) is 17.5. The van der Waals surface area contributed by atoms with Gasteiger partial charge >= 0.3 is 5.97 Å². The first-order chi connectivity index (χ1) is 11.5. The summed E-state index contributed by atoms with van der Waals surface area (Å²) in [5.41, 5.74) is 1.01. The third-order valence-corrected chi connectivity index (χ3v) is 4.05. The lowest BCUT2D eigenvalue weighted by molar-refractivity contribution is -0.146. The maximum absolute atomic E-state index is 12.3. The molecular weight excluding hydrogens is 310 g/mol. The van der Waals surface area contributed by atoms with Crippen molar-refractivity contribution in [1.82, 2.24) is 15.5 Å². The molecule has 0 spiro atoms. The van der Waals surface area contributed by atoms with Crippen LogP contribution in [0.4, 0.5) is 0 Å². The van der Waals surface area contributed by atoms with E-state index >= 15 is 0 Å². The number of benzene rings is 1. The minimum Gasteiger partial charge on any atom is -0.469 e. The van der Waals surface area contributed by atoms with Crippen LogP contribution < -0.4 is 10.6 Å². The number of nitrogens with zero attached hydrogens (tertiary/aromatic N) is 1. The summed E-state index contributed by atoms with van der Waals surface area (Å²) in [7, 11) is 1.28. The molecule has 1 saturated heterocycles. The number of esters is 1. The summed E-state index contributed by atoms with van der Waals surface area (Å²) in [6.45, 7) is 2.94. The molecule has 24 heavy (non-hydrogen) atoms. The van der Waals surface area contributed by atoms with E-state index in [2.05, 4.69) is 15.4 Å². The standard InChI is InChI=1S/C17H23N3O4/c1-12(13-6-4-3-5-7-13)19-15(21)11-20-9-8-18-17(23)14(20)10-16(22)24-2/h3-7,12,14H,8-11H2,1-2H3,(H,18,23)(H,19,21)/t12-,14-/m0/s1. The number of ether oxygens (including phenoxy) is 1. The summed E-state index contributed by atoms with van der Waals surface area (Å²) in [5.74, 6) is -0.911. The lowest BCUT2D eigenvalue weighted by atomic mass is 10.1. The minimum atomic E-state index is -0.677. The van der Waals surface area contributed by atoms with E-state index in [0.717, 1.165) is 5.56 Å². The highest BCUT2D eigenvalue weighted by Gasteiger charge is 2.33. The Morgan fingerprint density at radius 2 is 2.08 bits per heavy atom. The van der Waals surface area contributed by atoms with Crippen LogP contribution >= 0.6 is 0 Å². The summed E-state index contributed by atoms with van der Waals surface area (Å²) < 4.78 is 4.63. The van der Waals surface area contributed by atoms with Crippen molar-refractivity contribution in [3.8, 4) is 0 Å². The van der Waals surface area contributed by atoms with E-state index in [9.17, 15) is 14.4 Å². The van der Waals surface area contributed by atoms with Gasteiger partial charge in [-0.3, -0.25) is 19.3 Å². The van der Waals surface area contributed by atoms with Gasteiger partial charge in [0.05, 0.1) is 26.1 Å². The van der Waals surface area contributed by atoms with Crippen LogP contribution in [-0.4, -0.2) is 55.5 Å². The van der Waals surface area contributed by atoms with Crippen molar-refractivity contribution in [2.45, 2.75) is 25.4 Å². The minimum absolute atomic E-state index is 0.0618. The second-order valence-corrected chi connectivity index (χ2v) is 5.76. The Balaban J connectivity index is 1.95. The van der Waals surface area contributed by atoms with Crippen molar-refractivity contribution in [3.05, 3.63) is 35.9 Å². The summed E-state index contributed by atoms with van der Waals surface area (Å²) in [6.07, 6.45) is -0.0656. The molecule has 0 bridgehead atoms. The number of carbonyl (C=O) groups excluding carboxylic acids is 3. The first kappa shape index (κ1) is 17.9. The van der Waals surface area contributed by atoms with E-state index < -0.39 is 12.0 Å². The van der Waals surface area contributed by atoms with Gasteiger partial charge in [0.1, 0.15) is 6.04 Å². The fourth-order valence-corrected chi connectivity index (χ4v) is 2.71. The monoisotopic (exact) mass is 333 g/mol. The van der Waals surface area contributed by atoms with Gasteiger partial charge < -0.3 is 15.4 Å². The molecule has 2 N–H and O–H groups in total. The lowest BCUT2D eigenvalue weighted by Gasteiger charge is -2.34.